The summed E-state index contributed by atoms with van der Waals surface area (Å²) in [5.74, 6) is 0.118. The maximum atomic E-state index is 12.6. The molecule has 7 nitrogen and oxygen atoms in total. The van der Waals surface area contributed by atoms with Crippen LogP contribution in [-0.4, -0.2) is 52.7 Å². The zero-order valence-electron chi connectivity index (χ0n) is 16.6. The number of aryl methyl sites for hydroxylation is 1. The van der Waals surface area contributed by atoms with Crippen LogP contribution in [0.25, 0.3) is 0 Å². The van der Waals surface area contributed by atoms with E-state index in [0.717, 1.165) is 44.1 Å². The summed E-state index contributed by atoms with van der Waals surface area (Å²) in [6.45, 7) is 3.06. The van der Waals surface area contributed by atoms with Crippen LogP contribution in [0.3, 0.4) is 0 Å². The van der Waals surface area contributed by atoms with Gasteiger partial charge in [0.1, 0.15) is 10.6 Å². The van der Waals surface area contributed by atoms with Crippen molar-refractivity contribution in [3.63, 3.8) is 0 Å². The molecule has 0 aliphatic carbocycles. The first-order chi connectivity index (χ1) is 14.0. The lowest BCUT2D eigenvalue weighted by atomic mass is 9.90. The summed E-state index contributed by atoms with van der Waals surface area (Å²) in [5.41, 5.74) is 1.37. The number of nitrogens with one attached hydrogen (secondary N) is 1. The molecule has 1 fully saturated rings. The van der Waals surface area contributed by atoms with Crippen LogP contribution in [0, 0.1) is 12.8 Å². The van der Waals surface area contributed by atoms with Gasteiger partial charge in [-0.3, -0.25) is 4.79 Å². The van der Waals surface area contributed by atoms with E-state index in [-0.39, 0.29) is 22.2 Å². The molecule has 1 aliphatic rings. The van der Waals surface area contributed by atoms with Crippen molar-refractivity contribution in [2.75, 3.05) is 26.0 Å². The van der Waals surface area contributed by atoms with Crippen LogP contribution in [-0.2, 0) is 16.0 Å². The number of carbonyl (C=O) groups is 2. The largest absolute Gasteiger partial charge is 0.465 e. The van der Waals surface area contributed by atoms with Crippen molar-refractivity contribution >= 4 is 23.6 Å². The van der Waals surface area contributed by atoms with Crippen molar-refractivity contribution in [2.45, 2.75) is 31.2 Å². The first kappa shape index (κ1) is 21.1. The number of piperidine rings is 1. The Morgan fingerprint density at radius 3 is 2.59 bits per heavy atom. The highest BCUT2D eigenvalue weighted by Crippen LogP contribution is 2.25. The normalized spacial score (nSPS) is 14.6. The van der Waals surface area contributed by atoms with Crippen molar-refractivity contribution in [1.29, 1.82) is 0 Å². The molecule has 1 aromatic heterocycles. The molecule has 154 valence electrons. The first-order valence-corrected chi connectivity index (χ1v) is 10.6. The van der Waals surface area contributed by atoms with Gasteiger partial charge < -0.3 is 14.6 Å². The molecule has 1 aromatic carbocycles. The third kappa shape index (κ3) is 5.47. The number of amides is 1. The summed E-state index contributed by atoms with van der Waals surface area (Å²) in [4.78, 5) is 44.5. The number of benzene rings is 1. The fourth-order valence-corrected chi connectivity index (χ4v) is 4.53. The van der Waals surface area contributed by atoms with Gasteiger partial charge in [-0.2, -0.15) is 4.98 Å². The number of H-pyrrole nitrogens is 1. The van der Waals surface area contributed by atoms with Crippen LogP contribution in [0.2, 0.25) is 0 Å². The highest BCUT2D eigenvalue weighted by Gasteiger charge is 2.24. The Morgan fingerprint density at radius 1 is 1.24 bits per heavy atom. The van der Waals surface area contributed by atoms with E-state index in [9.17, 15) is 14.4 Å². The molecule has 1 aliphatic heterocycles. The summed E-state index contributed by atoms with van der Waals surface area (Å²) in [6.07, 6.45) is 2.98. The van der Waals surface area contributed by atoms with Gasteiger partial charge in [0.2, 0.25) is 5.91 Å². The number of nitrogens with zero attached hydrogens (tertiary/aromatic N) is 2. The van der Waals surface area contributed by atoms with E-state index in [2.05, 4.69) is 34.2 Å². The molecule has 0 radical (unpaired) electrons. The van der Waals surface area contributed by atoms with Crippen LogP contribution in [0.1, 0.15) is 34.5 Å². The Kier molecular flexibility index (Phi) is 7.09. The summed E-state index contributed by atoms with van der Waals surface area (Å²) < 4.78 is 4.77. The van der Waals surface area contributed by atoms with Crippen LogP contribution in [0.5, 0.6) is 0 Å². The molecule has 29 heavy (non-hydrogen) atoms. The second-order valence-corrected chi connectivity index (χ2v) is 8.11. The van der Waals surface area contributed by atoms with Gasteiger partial charge >= 0.3 is 11.7 Å². The number of esters is 1. The number of hydrogen-bond acceptors (Lipinski definition) is 6. The summed E-state index contributed by atoms with van der Waals surface area (Å²) in [7, 11) is 1.27. The Morgan fingerprint density at radius 2 is 1.93 bits per heavy atom. The van der Waals surface area contributed by atoms with E-state index in [1.807, 2.05) is 11.0 Å². The zero-order chi connectivity index (χ0) is 20.8. The summed E-state index contributed by atoms with van der Waals surface area (Å²) in [6, 6.07) is 10.4. The van der Waals surface area contributed by atoms with Gasteiger partial charge in [0.05, 0.1) is 12.9 Å². The van der Waals surface area contributed by atoms with Crippen molar-refractivity contribution in [1.82, 2.24) is 14.9 Å². The molecular formula is C21H25N3O4S. The fourth-order valence-electron chi connectivity index (χ4n) is 3.56. The number of rotatable bonds is 6. The van der Waals surface area contributed by atoms with Crippen LogP contribution >= 0.6 is 11.8 Å². The Bertz CT molecular complexity index is 921. The molecule has 1 amide bonds. The first-order valence-electron chi connectivity index (χ1n) is 9.61. The minimum Gasteiger partial charge on any atom is -0.465 e. The highest BCUT2D eigenvalue weighted by molar-refractivity contribution is 8.00. The lowest BCUT2D eigenvalue weighted by Crippen LogP contribution is -2.40. The molecule has 0 atom stereocenters. The number of ether oxygens (including phenoxy) is 1. The third-order valence-electron chi connectivity index (χ3n) is 5.14. The Hall–Kier alpha value is -2.61. The number of thioether (sulfide) groups is 1. The molecule has 8 heteroatoms. The van der Waals surface area contributed by atoms with Gasteiger partial charge in [0.15, 0.2) is 0 Å². The molecule has 0 unspecified atom stereocenters. The fraction of sp³-hybridized carbons (Fsp3) is 0.429. The third-order valence-corrected chi connectivity index (χ3v) is 6.10. The maximum absolute atomic E-state index is 12.6. The average molecular weight is 416 g/mol. The molecular weight excluding hydrogens is 390 g/mol. The molecule has 1 saturated heterocycles. The van der Waals surface area contributed by atoms with Crippen molar-refractivity contribution < 1.29 is 14.3 Å². The van der Waals surface area contributed by atoms with Crippen molar-refractivity contribution in [2.24, 2.45) is 5.92 Å². The quantitative estimate of drug-likeness (QED) is 0.443. The molecule has 3 rings (SSSR count). The van der Waals surface area contributed by atoms with Gasteiger partial charge in [-0.05, 0) is 37.7 Å². The Balaban J connectivity index is 1.56. The van der Waals surface area contributed by atoms with Gasteiger partial charge in [0, 0.05) is 18.8 Å². The average Bonchev–Trinajstić information content (AvgIpc) is 2.72. The van der Waals surface area contributed by atoms with Gasteiger partial charge in [-0.1, -0.05) is 42.1 Å². The van der Waals surface area contributed by atoms with E-state index in [1.165, 1.54) is 12.7 Å². The van der Waals surface area contributed by atoms with E-state index in [1.54, 1.807) is 6.92 Å². The SMILES string of the molecule is COC(=O)c1c(SCC(=O)N2CCC(Cc3ccccc3)CC2)nc(=O)[nH]c1C. The van der Waals surface area contributed by atoms with Crippen LogP contribution in [0.4, 0.5) is 0 Å². The monoisotopic (exact) mass is 415 g/mol. The number of methoxy groups -OCH3 is 1. The van der Waals surface area contributed by atoms with E-state index < -0.39 is 11.7 Å². The molecule has 0 bridgehead atoms. The van der Waals surface area contributed by atoms with Crippen LogP contribution < -0.4 is 5.69 Å². The summed E-state index contributed by atoms with van der Waals surface area (Å²) in [5, 5.41) is 0.227. The van der Waals surface area contributed by atoms with Gasteiger partial charge in [-0.25, -0.2) is 9.59 Å². The van der Waals surface area contributed by atoms with E-state index >= 15 is 0 Å². The number of likely N-dealkylation sites (tertiary alicyclic amines) is 1. The Labute approximate surface area is 173 Å². The van der Waals surface area contributed by atoms with Gasteiger partial charge in [-0.15, -0.1) is 0 Å². The number of carbonyl (C=O) groups excluding carboxylic acids is 2. The van der Waals surface area contributed by atoms with E-state index in [0.29, 0.717) is 11.6 Å². The van der Waals surface area contributed by atoms with Crippen LogP contribution in [0.15, 0.2) is 40.2 Å². The predicted molar refractivity (Wildman–Crippen MR) is 111 cm³/mol. The van der Waals surface area contributed by atoms with Gasteiger partial charge in [0.25, 0.3) is 0 Å². The minimum absolute atomic E-state index is 0.0105. The predicted octanol–water partition coefficient (Wildman–Crippen LogP) is 2.44. The summed E-state index contributed by atoms with van der Waals surface area (Å²) >= 11 is 1.10. The van der Waals surface area contributed by atoms with Crippen molar-refractivity contribution in [3.8, 4) is 0 Å². The molecule has 1 N–H and O–H groups in total. The number of aromatic amines is 1. The maximum Gasteiger partial charge on any atom is 0.346 e. The van der Waals surface area contributed by atoms with E-state index in [4.69, 9.17) is 4.74 Å². The number of aromatic nitrogens is 2. The van der Waals surface area contributed by atoms with Crippen molar-refractivity contribution in [3.05, 3.63) is 57.6 Å². The molecule has 2 heterocycles. The lowest BCUT2D eigenvalue weighted by molar-refractivity contribution is -0.129. The molecule has 0 saturated carbocycles. The second-order valence-electron chi connectivity index (χ2n) is 7.14. The standard InChI is InChI=1S/C21H25N3O4S/c1-14-18(20(26)28-2)19(23-21(27)22-14)29-13-17(25)24-10-8-16(9-11-24)12-15-6-4-3-5-7-15/h3-7,16H,8-13H2,1-2H3,(H,22,23,27). The lowest BCUT2D eigenvalue weighted by Gasteiger charge is -2.32. The molecule has 0 spiro atoms. The highest BCUT2D eigenvalue weighted by atomic mass is 32.2. The zero-order valence-corrected chi connectivity index (χ0v) is 17.5. The topological polar surface area (TPSA) is 92.4 Å². The smallest absolute Gasteiger partial charge is 0.346 e. The minimum atomic E-state index is -0.581. The number of hydrogen-bond donors (Lipinski definition) is 1. The second kappa shape index (κ2) is 9.73. The molecule has 2 aromatic rings.